The first-order valence-corrected chi connectivity index (χ1v) is 2.75. The van der Waals surface area contributed by atoms with Gasteiger partial charge in [-0.05, 0) is 0 Å². The van der Waals surface area contributed by atoms with Gasteiger partial charge in [-0.25, -0.2) is 0 Å². The Bertz CT molecular complexity index is 119. The lowest BCUT2D eigenvalue weighted by atomic mass is 10.4. The average molecular weight is 172 g/mol. The minimum absolute atomic E-state index is 0.679. The summed E-state index contributed by atoms with van der Waals surface area (Å²) >= 11 is 5.05. The van der Waals surface area contributed by atoms with Gasteiger partial charge in [-0.15, -0.1) is 10.1 Å². The second-order valence-electron chi connectivity index (χ2n) is 1.43. The highest BCUT2D eigenvalue weighted by Crippen LogP contribution is 2.03. The topological polar surface area (TPSA) is 92.8 Å². The van der Waals surface area contributed by atoms with E-state index in [0.717, 1.165) is 0 Å². The number of halogens is 1. The Morgan fingerprint density at radius 3 is 2.60 bits per heavy atom. The molecule has 0 aliphatic carbocycles. The maximum absolute atomic E-state index is 9.54. The molecule has 0 aromatic carbocycles. The molecule has 0 fully saturated rings. The van der Waals surface area contributed by atoms with E-state index in [-0.39, 0.29) is 0 Å². The predicted molar refractivity (Wildman–Crippen MR) is 30.8 cm³/mol. The summed E-state index contributed by atoms with van der Waals surface area (Å²) in [6.07, 6.45) is -1.44. The van der Waals surface area contributed by atoms with Gasteiger partial charge in [0, 0.05) is 0 Å². The molecule has 0 aromatic heterocycles. The van der Waals surface area contributed by atoms with E-state index in [4.69, 9.17) is 21.8 Å². The maximum Gasteiger partial charge on any atom is 0.296 e. The lowest BCUT2D eigenvalue weighted by molar-refractivity contribution is -0.764. The van der Waals surface area contributed by atoms with Crippen LogP contribution in [0, 0.1) is 10.1 Å². The summed E-state index contributed by atoms with van der Waals surface area (Å²) in [5, 5.41) is 25.1. The van der Waals surface area contributed by atoms with Crippen LogP contribution in [-0.4, -0.2) is 33.6 Å². The van der Waals surface area contributed by atoms with Crippen LogP contribution in [0.15, 0.2) is 0 Å². The first-order chi connectivity index (χ1) is 4.57. The largest absolute Gasteiger partial charge is 0.394 e. The Morgan fingerprint density at radius 2 is 2.30 bits per heavy atom. The molecule has 0 spiro atoms. The molecule has 0 bridgehead atoms. The third-order valence-electron chi connectivity index (χ3n) is 0.676. The second kappa shape index (κ2) is 4.26. The van der Waals surface area contributed by atoms with E-state index in [1.165, 1.54) is 0 Å². The molecule has 0 aromatic rings. The summed E-state index contributed by atoms with van der Waals surface area (Å²) in [5.41, 5.74) is -1.51. The molecule has 0 amide bonds. The fraction of sp³-hybridized carbons (Fsp3) is 1.00. The van der Waals surface area contributed by atoms with E-state index in [1.54, 1.807) is 0 Å². The van der Waals surface area contributed by atoms with E-state index < -0.39 is 23.4 Å². The van der Waals surface area contributed by atoms with Crippen LogP contribution < -0.4 is 0 Å². The molecule has 0 rings (SSSR count). The molecular formula is C3H6ClNO5. The van der Waals surface area contributed by atoms with Gasteiger partial charge in [-0.1, -0.05) is 11.6 Å². The number of aliphatic hydroxyl groups is 2. The Balaban J connectivity index is 3.61. The fourth-order valence-electron chi connectivity index (χ4n) is 0.235. The lowest BCUT2D eigenvalue weighted by Crippen LogP contribution is -2.29. The number of alkyl halides is 1. The van der Waals surface area contributed by atoms with E-state index in [2.05, 4.69) is 4.84 Å². The molecule has 0 aliphatic heterocycles. The zero-order valence-electron chi connectivity index (χ0n) is 4.81. The standard InChI is InChI=1S/C3H6ClNO5/c4-3(2(7)1-6)10-5(8)9/h2-3,6-7H,1H2. The summed E-state index contributed by atoms with van der Waals surface area (Å²) in [6, 6.07) is 0. The van der Waals surface area contributed by atoms with Crippen molar-refractivity contribution in [2.75, 3.05) is 6.61 Å². The smallest absolute Gasteiger partial charge is 0.296 e. The van der Waals surface area contributed by atoms with Crippen molar-refractivity contribution in [3.05, 3.63) is 10.1 Å². The normalized spacial score (nSPS) is 15.9. The van der Waals surface area contributed by atoms with Crippen molar-refractivity contribution >= 4 is 11.6 Å². The molecule has 0 saturated carbocycles. The third-order valence-corrected chi connectivity index (χ3v) is 1.05. The highest BCUT2D eigenvalue weighted by molar-refractivity contribution is 6.20. The summed E-state index contributed by atoms with van der Waals surface area (Å²) in [6.45, 7) is -0.679. The summed E-state index contributed by atoms with van der Waals surface area (Å²) in [5.74, 6) is 0. The van der Waals surface area contributed by atoms with Gasteiger partial charge in [0.05, 0.1) is 6.61 Å². The Morgan fingerprint density at radius 1 is 1.80 bits per heavy atom. The fourth-order valence-corrected chi connectivity index (χ4v) is 0.380. The van der Waals surface area contributed by atoms with Crippen LogP contribution in [0.3, 0.4) is 0 Å². The van der Waals surface area contributed by atoms with Crippen molar-refractivity contribution in [1.29, 1.82) is 0 Å². The average Bonchev–Trinajstić information content (AvgIpc) is 1.85. The molecule has 60 valence electrons. The summed E-state index contributed by atoms with van der Waals surface area (Å²) < 4.78 is 0. The van der Waals surface area contributed by atoms with E-state index >= 15 is 0 Å². The SMILES string of the molecule is O=[N+]([O-])OC(Cl)C(O)CO. The van der Waals surface area contributed by atoms with E-state index in [9.17, 15) is 10.1 Å². The van der Waals surface area contributed by atoms with Crippen molar-refractivity contribution in [3.8, 4) is 0 Å². The van der Waals surface area contributed by atoms with Gasteiger partial charge in [0.25, 0.3) is 5.09 Å². The highest BCUT2D eigenvalue weighted by atomic mass is 35.5. The minimum atomic E-state index is -1.51. The van der Waals surface area contributed by atoms with E-state index in [0.29, 0.717) is 0 Å². The predicted octanol–water partition coefficient (Wildman–Crippen LogP) is -0.887. The molecule has 10 heavy (non-hydrogen) atoms. The Kier molecular flexibility index (Phi) is 4.01. The number of aliphatic hydroxyl groups excluding tert-OH is 2. The minimum Gasteiger partial charge on any atom is -0.394 e. The van der Waals surface area contributed by atoms with Gasteiger partial charge in [-0.2, -0.15) is 0 Å². The number of hydrogen-bond donors (Lipinski definition) is 2. The Labute approximate surface area is 61.1 Å². The summed E-state index contributed by atoms with van der Waals surface area (Å²) in [4.78, 5) is 13.2. The first-order valence-electron chi connectivity index (χ1n) is 2.32. The van der Waals surface area contributed by atoms with Crippen LogP contribution in [0.25, 0.3) is 0 Å². The van der Waals surface area contributed by atoms with Gasteiger partial charge >= 0.3 is 0 Å². The Hall–Kier alpha value is -0.590. The zero-order valence-corrected chi connectivity index (χ0v) is 5.56. The van der Waals surface area contributed by atoms with Crippen molar-refractivity contribution < 1.29 is 20.1 Å². The van der Waals surface area contributed by atoms with Crippen LogP contribution in [-0.2, 0) is 4.84 Å². The third kappa shape index (κ3) is 3.44. The maximum atomic E-state index is 9.54. The zero-order chi connectivity index (χ0) is 8.15. The molecule has 2 atom stereocenters. The molecule has 2 unspecified atom stereocenters. The molecule has 7 heteroatoms. The number of hydrogen-bond acceptors (Lipinski definition) is 5. The molecule has 0 heterocycles. The molecule has 0 saturated heterocycles. The van der Waals surface area contributed by atoms with Crippen LogP contribution in [0.4, 0.5) is 0 Å². The van der Waals surface area contributed by atoms with E-state index in [1.807, 2.05) is 0 Å². The van der Waals surface area contributed by atoms with Gasteiger partial charge in [0.1, 0.15) is 6.10 Å². The van der Waals surface area contributed by atoms with Crippen LogP contribution in [0.2, 0.25) is 0 Å². The van der Waals surface area contributed by atoms with Crippen LogP contribution in [0.5, 0.6) is 0 Å². The first kappa shape index (κ1) is 9.41. The van der Waals surface area contributed by atoms with Crippen LogP contribution in [0.1, 0.15) is 0 Å². The van der Waals surface area contributed by atoms with Gasteiger partial charge < -0.3 is 10.2 Å². The van der Waals surface area contributed by atoms with Gasteiger partial charge in [-0.3, -0.25) is 4.84 Å². The highest BCUT2D eigenvalue weighted by Gasteiger charge is 2.18. The quantitative estimate of drug-likeness (QED) is 0.325. The van der Waals surface area contributed by atoms with Gasteiger partial charge in [0.15, 0.2) is 0 Å². The van der Waals surface area contributed by atoms with Crippen LogP contribution >= 0.6 is 11.6 Å². The molecule has 0 aliphatic rings. The lowest BCUT2D eigenvalue weighted by Gasteiger charge is -2.10. The second-order valence-corrected chi connectivity index (χ2v) is 1.86. The molecule has 0 radical (unpaired) electrons. The van der Waals surface area contributed by atoms with Gasteiger partial charge in [0.2, 0.25) is 5.56 Å². The number of rotatable bonds is 4. The van der Waals surface area contributed by atoms with Crippen molar-refractivity contribution in [2.24, 2.45) is 0 Å². The van der Waals surface area contributed by atoms with Crippen molar-refractivity contribution in [2.45, 2.75) is 11.7 Å². The van der Waals surface area contributed by atoms with Crippen molar-refractivity contribution in [1.82, 2.24) is 0 Å². The molecule has 6 nitrogen and oxygen atoms in total. The van der Waals surface area contributed by atoms with Crippen molar-refractivity contribution in [3.63, 3.8) is 0 Å². The molecular weight excluding hydrogens is 165 g/mol. The number of nitrogens with zero attached hydrogens (tertiary/aromatic N) is 1. The monoisotopic (exact) mass is 171 g/mol. The molecule has 2 N–H and O–H groups in total. The summed E-state index contributed by atoms with van der Waals surface area (Å²) in [7, 11) is 0.